The Morgan fingerprint density at radius 2 is 1.83 bits per heavy atom. The van der Waals surface area contributed by atoms with Crippen molar-refractivity contribution in [1.82, 2.24) is 14.9 Å². The van der Waals surface area contributed by atoms with Gasteiger partial charge in [-0.05, 0) is 85.9 Å². The van der Waals surface area contributed by atoms with E-state index in [1.54, 1.807) is 6.07 Å². The third-order valence-corrected chi connectivity index (χ3v) is 6.94. The fraction of sp³-hybridized carbons (Fsp3) is 0.481. The number of anilines is 2. The number of imidazole rings is 1. The molecule has 0 spiro atoms. The summed E-state index contributed by atoms with van der Waals surface area (Å²) < 4.78 is 43.8. The Labute approximate surface area is 208 Å². The van der Waals surface area contributed by atoms with Gasteiger partial charge in [0.2, 0.25) is 5.95 Å². The number of halogens is 3. The second-order valence-electron chi connectivity index (χ2n) is 11.0. The van der Waals surface area contributed by atoms with Crippen LogP contribution < -0.4 is 15.4 Å². The maximum absolute atomic E-state index is 12.8. The van der Waals surface area contributed by atoms with Gasteiger partial charge < -0.3 is 19.9 Å². The van der Waals surface area contributed by atoms with Crippen molar-refractivity contribution in [1.29, 1.82) is 0 Å². The smallest absolute Gasteiger partial charge is 0.406 e. The quantitative estimate of drug-likeness (QED) is 0.384. The monoisotopic (exact) mass is 500 g/mol. The molecule has 0 radical (unpaired) electrons. The number of nitrogens with zero attached hydrogens (tertiary/aromatic N) is 2. The number of hydrogen-bond acceptors (Lipinski definition) is 4. The van der Waals surface area contributed by atoms with E-state index < -0.39 is 6.36 Å². The first kappa shape index (κ1) is 24.5. The summed E-state index contributed by atoms with van der Waals surface area (Å²) in [7, 11) is 0. The number of ether oxygens (including phenoxy) is 1. The summed E-state index contributed by atoms with van der Waals surface area (Å²) in [6.07, 6.45) is 0.351. The number of aromatic nitrogens is 2. The first-order chi connectivity index (χ1) is 17.0. The van der Waals surface area contributed by atoms with Crippen LogP contribution in [0.3, 0.4) is 0 Å². The molecule has 3 aromatic rings. The van der Waals surface area contributed by atoms with E-state index in [2.05, 4.69) is 40.7 Å². The number of carbonyl (C=O) groups is 1. The molecule has 6 nitrogen and oxygen atoms in total. The van der Waals surface area contributed by atoms with Gasteiger partial charge in [-0.3, -0.25) is 4.79 Å². The average molecular weight is 501 g/mol. The lowest BCUT2D eigenvalue weighted by molar-refractivity contribution is -0.274. The molecule has 2 saturated carbocycles. The highest BCUT2D eigenvalue weighted by Gasteiger charge is 2.35. The van der Waals surface area contributed by atoms with Crippen molar-refractivity contribution in [3.8, 4) is 5.75 Å². The summed E-state index contributed by atoms with van der Waals surface area (Å²) in [5.74, 6) is 0.753. The van der Waals surface area contributed by atoms with Gasteiger partial charge in [-0.1, -0.05) is 20.8 Å². The number of rotatable bonds is 6. The molecule has 0 bridgehead atoms. The van der Waals surface area contributed by atoms with Crippen LogP contribution in [0.2, 0.25) is 0 Å². The molecule has 1 amide bonds. The maximum atomic E-state index is 12.8. The van der Waals surface area contributed by atoms with Crippen molar-refractivity contribution < 1.29 is 22.7 Å². The lowest BCUT2D eigenvalue weighted by Gasteiger charge is -2.40. The van der Waals surface area contributed by atoms with Crippen LogP contribution in [0.1, 0.15) is 69.3 Å². The molecule has 5 rings (SSSR count). The molecule has 0 saturated heterocycles. The number of fused-ring (bicyclic) bond motifs is 1. The predicted molar refractivity (Wildman–Crippen MR) is 132 cm³/mol. The van der Waals surface area contributed by atoms with Gasteiger partial charge in [0.05, 0.1) is 11.0 Å². The van der Waals surface area contributed by atoms with Gasteiger partial charge in [0.25, 0.3) is 5.91 Å². The van der Waals surface area contributed by atoms with E-state index in [-0.39, 0.29) is 29.2 Å². The third kappa shape index (κ3) is 5.60. The van der Waals surface area contributed by atoms with E-state index in [4.69, 9.17) is 4.98 Å². The molecular weight excluding hydrogens is 469 g/mol. The van der Waals surface area contributed by atoms with Crippen LogP contribution in [-0.2, 0) is 0 Å². The lowest BCUT2D eigenvalue weighted by Crippen LogP contribution is -2.30. The number of nitrogens with one attached hydrogen (secondary N) is 2. The van der Waals surface area contributed by atoms with Gasteiger partial charge in [-0.25, -0.2) is 4.98 Å². The summed E-state index contributed by atoms with van der Waals surface area (Å²) in [5, 5.41) is 6.34. The summed E-state index contributed by atoms with van der Waals surface area (Å²) in [6, 6.07) is 11.6. The van der Waals surface area contributed by atoms with Crippen molar-refractivity contribution in [3.63, 3.8) is 0 Å². The van der Waals surface area contributed by atoms with Crippen LogP contribution in [0.5, 0.6) is 5.75 Å². The largest absolute Gasteiger partial charge is 0.573 e. The molecule has 2 aromatic carbocycles. The zero-order chi connectivity index (χ0) is 25.7. The molecule has 2 N–H and O–H groups in total. The number of amides is 1. The minimum atomic E-state index is -4.74. The minimum absolute atomic E-state index is 0.0840. The summed E-state index contributed by atoms with van der Waals surface area (Å²) >= 11 is 0. The van der Waals surface area contributed by atoms with Crippen molar-refractivity contribution in [2.24, 2.45) is 11.3 Å². The number of benzene rings is 2. The predicted octanol–water partition coefficient (Wildman–Crippen LogP) is 6.96. The molecule has 2 fully saturated rings. The number of alkyl halides is 3. The van der Waals surface area contributed by atoms with Crippen molar-refractivity contribution in [3.05, 3.63) is 48.0 Å². The molecule has 0 unspecified atom stereocenters. The standard InChI is InChI=1S/C27H31F3N4O2/c1-16-12-20(15-26(2,3)14-16)34-23-13-17(24(35)31-18-5-6-18)4-11-22(23)33-25(34)32-19-7-9-21(10-8-19)36-27(28,29)30/h4,7-11,13,16,18,20H,5-6,12,14-15H2,1-3H3,(H,31,35)(H,32,33)/t16-,20+/m0/s1. The maximum Gasteiger partial charge on any atom is 0.573 e. The topological polar surface area (TPSA) is 68.2 Å². The Morgan fingerprint density at radius 1 is 1.11 bits per heavy atom. The fourth-order valence-electron chi connectivity index (χ4n) is 5.55. The lowest BCUT2D eigenvalue weighted by atomic mass is 9.70. The number of hydrogen-bond donors (Lipinski definition) is 2. The first-order valence-corrected chi connectivity index (χ1v) is 12.4. The highest BCUT2D eigenvalue weighted by atomic mass is 19.4. The summed E-state index contributed by atoms with van der Waals surface area (Å²) in [4.78, 5) is 17.6. The molecule has 36 heavy (non-hydrogen) atoms. The van der Waals surface area contributed by atoms with Crippen molar-refractivity contribution in [2.75, 3.05) is 5.32 Å². The van der Waals surface area contributed by atoms with E-state index in [1.807, 2.05) is 12.1 Å². The minimum Gasteiger partial charge on any atom is -0.406 e. The molecular formula is C27H31F3N4O2. The molecule has 2 aliphatic carbocycles. The highest BCUT2D eigenvalue weighted by Crippen LogP contribution is 2.46. The molecule has 9 heteroatoms. The number of carbonyl (C=O) groups excluding carboxylic acids is 1. The molecule has 0 aliphatic heterocycles. The zero-order valence-electron chi connectivity index (χ0n) is 20.7. The molecule has 1 heterocycles. The van der Waals surface area contributed by atoms with Gasteiger partial charge >= 0.3 is 6.36 Å². The summed E-state index contributed by atoms with van der Waals surface area (Å²) in [5.41, 5.74) is 2.96. The summed E-state index contributed by atoms with van der Waals surface area (Å²) in [6.45, 7) is 6.81. The second-order valence-corrected chi connectivity index (χ2v) is 11.0. The van der Waals surface area contributed by atoms with Crippen LogP contribution >= 0.6 is 0 Å². The Kier molecular flexibility index (Phi) is 6.12. The van der Waals surface area contributed by atoms with Gasteiger partial charge in [0, 0.05) is 23.3 Å². The van der Waals surface area contributed by atoms with E-state index in [9.17, 15) is 18.0 Å². The fourth-order valence-corrected chi connectivity index (χ4v) is 5.55. The highest BCUT2D eigenvalue weighted by molar-refractivity contribution is 5.98. The SMILES string of the molecule is C[C@H]1C[C@@H](n2c(Nc3ccc(OC(F)(F)F)cc3)nc3ccc(C(=O)NC4CC4)cc32)CC(C)(C)C1. The van der Waals surface area contributed by atoms with Crippen LogP contribution in [0.15, 0.2) is 42.5 Å². The van der Waals surface area contributed by atoms with Gasteiger partial charge in [-0.15, -0.1) is 13.2 Å². The molecule has 2 aliphatic rings. The van der Waals surface area contributed by atoms with Gasteiger partial charge in [0.15, 0.2) is 0 Å². The molecule has 1 aromatic heterocycles. The van der Waals surface area contributed by atoms with Crippen LogP contribution in [0.25, 0.3) is 11.0 Å². The molecule has 2 atom stereocenters. The zero-order valence-corrected chi connectivity index (χ0v) is 20.7. The normalized spacial score (nSPS) is 21.8. The first-order valence-electron chi connectivity index (χ1n) is 12.4. The Hall–Kier alpha value is -3.23. The van der Waals surface area contributed by atoms with Crippen LogP contribution in [0, 0.1) is 11.3 Å². The Balaban J connectivity index is 1.51. The van der Waals surface area contributed by atoms with Gasteiger partial charge in [0.1, 0.15) is 5.75 Å². The van der Waals surface area contributed by atoms with Crippen molar-refractivity contribution in [2.45, 2.75) is 71.3 Å². The van der Waals surface area contributed by atoms with Gasteiger partial charge in [-0.2, -0.15) is 0 Å². The Bertz CT molecular complexity index is 1260. The van der Waals surface area contributed by atoms with E-state index in [0.29, 0.717) is 23.1 Å². The second kappa shape index (κ2) is 9.01. The van der Waals surface area contributed by atoms with E-state index in [1.165, 1.54) is 24.3 Å². The third-order valence-electron chi connectivity index (χ3n) is 6.94. The van der Waals surface area contributed by atoms with Crippen LogP contribution in [-0.4, -0.2) is 27.9 Å². The van der Waals surface area contributed by atoms with E-state index >= 15 is 0 Å². The molecule has 192 valence electrons. The average Bonchev–Trinajstić information content (AvgIpc) is 3.50. The Morgan fingerprint density at radius 3 is 2.47 bits per heavy atom. The van der Waals surface area contributed by atoms with E-state index in [0.717, 1.165) is 43.1 Å². The van der Waals surface area contributed by atoms with Crippen LogP contribution in [0.4, 0.5) is 24.8 Å². The van der Waals surface area contributed by atoms with Crippen molar-refractivity contribution >= 4 is 28.6 Å².